The smallest absolute Gasteiger partial charge is 0.298 e. The first-order chi connectivity index (χ1) is 13.9. The molecule has 2 aromatic heterocycles. The van der Waals surface area contributed by atoms with Crippen LogP contribution in [0.5, 0.6) is 0 Å². The van der Waals surface area contributed by atoms with E-state index in [-0.39, 0.29) is 17.1 Å². The van der Waals surface area contributed by atoms with Crippen LogP contribution in [0.2, 0.25) is 0 Å². The number of aromatic nitrogens is 1. The van der Waals surface area contributed by atoms with Crippen LogP contribution in [0.4, 0.5) is 4.39 Å². The van der Waals surface area contributed by atoms with Gasteiger partial charge in [-0.15, -0.1) is 0 Å². The molecule has 29 heavy (non-hydrogen) atoms. The first kappa shape index (κ1) is 19.1. The monoisotopic (exact) mass is 455 g/mol. The highest BCUT2D eigenvalue weighted by Gasteiger charge is 2.25. The summed E-state index contributed by atoms with van der Waals surface area (Å²) < 4.78 is 21.9. The molecule has 0 aliphatic heterocycles. The first-order valence-corrected chi connectivity index (χ1v) is 9.42. The summed E-state index contributed by atoms with van der Waals surface area (Å²) in [7, 11) is 0. The second-order valence-electron chi connectivity index (χ2n) is 6.38. The van der Waals surface area contributed by atoms with E-state index in [0.717, 1.165) is 0 Å². The van der Waals surface area contributed by atoms with E-state index in [1.165, 1.54) is 22.8 Å². The number of para-hydroxylation sites is 1. The second-order valence-corrected chi connectivity index (χ2v) is 7.30. The number of hydrazine groups is 1. The van der Waals surface area contributed by atoms with E-state index in [1.54, 1.807) is 43.3 Å². The molecule has 8 heteroatoms. The molecular formula is C21H15BrFN3O3. The SMILES string of the molecule is Cc1c(C(=O)NN)c2ccccc2n1C(=O)c1ccc(-c2ccc(Br)cc2F)o1. The van der Waals surface area contributed by atoms with Crippen LogP contribution in [0.15, 0.2) is 63.5 Å². The Balaban J connectivity index is 1.82. The Morgan fingerprint density at radius 3 is 2.62 bits per heavy atom. The number of amides is 1. The van der Waals surface area contributed by atoms with Crippen molar-refractivity contribution in [1.29, 1.82) is 0 Å². The van der Waals surface area contributed by atoms with Gasteiger partial charge in [0.25, 0.3) is 11.8 Å². The number of nitrogens with two attached hydrogens (primary N) is 1. The zero-order valence-electron chi connectivity index (χ0n) is 15.2. The van der Waals surface area contributed by atoms with Gasteiger partial charge < -0.3 is 4.42 Å². The molecule has 0 atom stereocenters. The number of nitrogen functional groups attached to an aromatic ring is 1. The average Bonchev–Trinajstić information content (AvgIpc) is 3.29. The van der Waals surface area contributed by atoms with Gasteiger partial charge in [0.1, 0.15) is 11.6 Å². The minimum absolute atomic E-state index is 0.0193. The van der Waals surface area contributed by atoms with Crippen LogP contribution in [0, 0.1) is 12.7 Å². The third-order valence-electron chi connectivity index (χ3n) is 4.69. The van der Waals surface area contributed by atoms with Crippen LogP contribution < -0.4 is 11.3 Å². The normalized spacial score (nSPS) is 11.0. The molecule has 0 aliphatic carbocycles. The highest BCUT2D eigenvalue weighted by Crippen LogP contribution is 2.30. The van der Waals surface area contributed by atoms with Crippen molar-refractivity contribution in [3.8, 4) is 11.3 Å². The van der Waals surface area contributed by atoms with Gasteiger partial charge in [0, 0.05) is 15.6 Å². The van der Waals surface area contributed by atoms with Gasteiger partial charge in [0.05, 0.1) is 16.6 Å². The summed E-state index contributed by atoms with van der Waals surface area (Å²) in [6.07, 6.45) is 0. The molecule has 0 radical (unpaired) electrons. The van der Waals surface area contributed by atoms with Crippen molar-refractivity contribution in [2.45, 2.75) is 6.92 Å². The molecule has 4 aromatic rings. The molecule has 0 spiro atoms. The molecule has 2 heterocycles. The molecule has 0 unspecified atom stereocenters. The number of fused-ring (bicyclic) bond motifs is 1. The molecule has 146 valence electrons. The average molecular weight is 456 g/mol. The quantitative estimate of drug-likeness (QED) is 0.272. The molecule has 0 saturated carbocycles. The van der Waals surface area contributed by atoms with E-state index in [1.807, 2.05) is 0 Å². The summed E-state index contributed by atoms with van der Waals surface area (Å²) in [6.45, 7) is 1.65. The van der Waals surface area contributed by atoms with Gasteiger partial charge in [-0.2, -0.15) is 0 Å². The number of carbonyl (C=O) groups excluding carboxylic acids is 2. The zero-order valence-corrected chi connectivity index (χ0v) is 16.8. The summed E-state index contributed by atoms with van der Waals surface area (Å²) in [5, 5.41) is 0.590. The van der Waals surface area contributed by atoms with Gasteiger partial charge in [-0.1, -0.05) is 34.1 Å². The van der Waals surface area contributed by atoms with E-state index >= 15 is 0 Å². The Bertz CT molecular complexity index is 1280. The summed E-state index contributed by atoms with van der Waals surface area (Å²) >= 11 is 3.21. The number of nitrogens with zero attached hydrogens (tertiary/aromatic N) is 1. The fourth-order valence-electron chi connectivity index (χ4n) is 3.38. The van der Waals surface area contributed by atoms with Crippen molar-refractivity contribution < 1.29 is 18.4 Å². The number of benzene rings is 2. The number of furan rings is 1. The van der Waals surface area contributed by atoms with Crippen LogP contribution in [-0.2, 0) is 0 Å². The molecule has 1 amide bonds. The maximum Gasteiger partial charge on any atom is 0.298 e. The van der Waals surface area contributed by atoms with Gasteiger partial charge in [0.15, 0.2) is 5.76 Å². The lowest BCUT2D eigenvalue weighted by molar-refractivity contribution is 0.0936. The van der Waals surface area contributed by atoms with Crippen LogP contribution in [0.1, 0.15) is 26.6 Å². The van der Waals surface area contributed by atoms with Crippen molar-refractivity contribution >= 4 is 38.6 Å². The third-order valence-corrected chi connectivity index (χ3v) is 5.18. The molecule has 3 N–H and O–H groups in total. The first-order valence-electron chi connectivity index (χ1n) is 8.63. The maximum atomic E-state index is 14.2. The lowest BCUT2D eigenvalue weighted by Crippen LogP contribution is -2.30. The van der Waals surface area contributed by atoms with Crippen LogP contribution in [-0.4, -0.2) is 16.4 Å². The van der Waals surface area contributed by atoms with Crippen LogP contribution in [0.3, 0.4) is 0 Å². The van der Waals surface area contributed by atoms with Crippen molar-refractivity contribution in [2.24, 2.45) is 5.84 Å². The molecular weight excluding hydrogens is 441 g/mol. The van der Waals surface area contributed by atoms with Crippen molar-refractivity contribution in [3.05, 3.63) is 81.9 Å². The molecule has 6 nitrogen and oxygen atoms in total. The van der Waals surface area contributed by atoms with Crippen LogP contribution >= 0.6 is 15.9 Å². The molecule has 0 saturated heterocycles. The minimum Gasteiger partial charge on any atom is -0.451 e. The van der Waals surface area contributed by atoms with Crippen molar-refractivity contribution in [2.75, 3.05) is 0 Å². The Labute approximate surface area is 173 Å². The lowest BCUT2D eigenvalue weighted by atomic mass is 10.1. The third kappa shape index (κ3) is 3.16. The van der Waals surface area contributed by atoms with Gasteiger partial charge in [-0.25, -0.2) is 10.2 Å². The highest BCUT2D eigenvalue weighted by atomic mass is 79.9. The van der Waals surface area contributed by atoms with Gasteiger partial charge in [0.2, 0.25) is 0 Å². The molecule has 0 fully saturated rings. The molecule has 0 bridgehead atoms. The van der Waals surface area contributed by atoms with Gasteiger partial charge in [-0.3, -0.25) is 19.6 Å². The summed E-state index contributed by atoms with van der Waals surface area (Å²) in [4.78, 5) is 25.4. The standard InChI is InChI=1S/C21H15BrFN3O3/c1-11-19(20(27)25-24)14-4-2-3-5-16(14)26(11)21(28)18-9-8-17(29-18)13-7-6-12(22)10-15(13)23/h2-10H,24H2,1H3,(H,25,27). The van der Waals surface area contributed by atoms with E-state index in [4.69, 9.17) is 10.3 Å². The number of halogens is 2. The highest BCUT2D eigenvalue weighted by molar-refractivity contribution is 9.10. The Kier molecular flexibility index (Phi) is 4.81. The largest absolute Gasteiger partial charge is 0.451 e. The van der Waals surface area contributed by atoms with E-state index in [9.17, 15) is 14.0 Å². The fraction of sp³-hybridized carbons (Fsp3) is 0.0476. The number of carbonyl (C=O) groups is 2. The van der Waals surface area contributed by atoms with E-state index in [0.29, 0.717) is 26.6 Å². The summed E-state index contributed by atoms with van der Waals surface area (Å²) in [5.74, 6) is 4.10. The predicted molar refractivity (Wildman–Crippen MR) is 110 cm³/mol. The maximum absolute atomic E-state index is 14.2. The topological polar surface area (TPSA) is 90.3 Å². The molecule has 2 aromatic carbocycles. The van der Waals surface area contributed by atoms with Crippen LogP contribution in [0.25, 0.3) is 22.2 Å². The lowest BCUT2D eigenvalue weighted by Gasteiger charge is -2.05. The molecule has 0 aliphatic rings. The van der Waals surface area contributed by atoms with E-state index < -0.39 is 17.6 Å². The Morgan fingerprint density at radius 1 is 1.14 bits per heavy atom. The summed E-state index contributed by atoms with van der Waals surface area (Å²) in [5.41, 5.74) is 3.62. The number of hydrogen-bond donors (Lipinski definition) is 2. The number of nitrogens with one attached hydrogen (secondary N) is 1. The number of hydrogen-bond acceptors (Lipinski definition) is 4. The van der Waals surface area contributed by atoms with Gasteiger partial charge in [-0.05, 0) is 43.3 Å². The van der Waals surface area contributed by atoms with E-state index in [2.05, 4.69) is 21.4 Å². The number of rotatable bonds is 3. The van der Waals surface area contributed by atoms with Crippen molar-refractivity contribution in [3.63, 3.8) is 0 Å². The minimum atomic E-state index is -0.498. The molecule has 4 rings (SSSR count). The fourth-order valence-corrected chi connectivity index (χ4v) is 3.72. The second kappa shape index (κ2) is 7.31. The predicted octanol–water partition coefficient (Wildman–Crippen LogP) is 4.40. The van der Waals surface area contributed by atoms with Crippen molar-refractivity contribution in [1.82, 2.24) is 9.99 Å². The van der Waals surface area contributed by atoms with Gasteiger partial charge >= 0.3 is 0 Å². The zero-order chi connectivity index (χ0) is 20.7. The summed E-state index contributed by atoms with van der Waals surface area (Å²) in [6, 6.07) is 14.6. The Morgan fingerprint density at radius 2 is 1.90 bits per heavy atom. The Hall–Kier alpha value is -3.23.